The molecule has 1 aromatic carbocycles. The third-order valence-corrected chi connectivity index (χ3v) is 4.06. The zero-order chi connectivity index (χ0) is 16.0. The Balaban J connectivity index is 0.00000264. The second-order valence-electron chi connectivity index (χ2n) is 5.77. The second-order valence-corrected chi connectivity index (χ2v) is 5.77. The maximum atomic E-state index is 13.3. The summed E-state index contributed by atoms with van der Waals surface area (Å²) in [4.78, 5) is 11.9. The molecular formula is C16H23ClF2N2O2. The first-order valence-corrected chi connectivity index (χ1v) is 7.64. The van der Waals surface area contributed by atoms with Gasteiger partial charge in [-0.1, -0.05) is 12.8 Å². The molecule has 1 aliphatic rings. The number of hydrogen-bond donors (Lipinski definition) is 2. The molecule has 2 rings (SSSR count). The standard InChI is InChI=1S/C16H22F2N2O2.ClH/c17-12-5-6-14(13(18)10-12)22-9-3-4-15(21)20-16(11-19)7-1-2-8-16;/h5-6,10H,1-4,7-9,11,19H2,(H,20,21);1H. The first kappa shape index (κ1) is 19.6. The van der Waals surface area contributed by atoms with Crippen molar-refractivity contribution in [2.75, 3.05) is 13.2 Å². The van der Waals surface area contributed by atoms with Crippen molar-refractivity contribution in [2.24, 2.45) is 5.73 Å². The third kappa shape index (κ3) is 5.62. The molecule has 0 aromatic heterocycles. The molecule has 0 unspecified atom stereocenters. The molecule has 0 aliphatic heterocycles. The summed E-state index contributed by atoms with van der Waals surface area (Å²) in [7, 11) is 0. The highest BCUT2D eigenvalue weighted by Gasteiger charge is 2.33. The maximum Gasteiger partial charge on any atom is 0.220 e. The van der Waals surface area contributed by atoms with Crippen LogP contribution in [-0.2, 0) is 4.79 Å². The van der Waals surface area contributed by atoms with Gasteiger partial charge in [0.15, 0.2) is 11.6 Å². The van der Waals surface area contributed by atoms with Gasteiger partial charge in [0.25, 0.3) is 0 Å². The summed E-state index contributed by atoms with van der Waals surface area (Å²) >= 11 is 0. The number of benzene rings is 1. The third-order valence-electron chi connectivity index (χ3n) is 4.06. The van der Waals surface area contributed by atoms with Gasteiger partial charge in [-0.05, 0) is 31.4 Å². The first-order valence-electron chi connectivity index (χ1n) is 7.64. The maximum absolute atomic E-state index is 13.3. The van der Waals surface area contributed by atoms with Gasteiger partial charge in [-0.2, -0.15) is 0 Å². The van der Waals surface area contributed by atoms with E-state index in [0.29, 0.717) is 19.4 Å². The summed E-state index contributed by atoms with van der Waals surface area (Å²) in [6.45, 7) is 0.654. The summed E-state index contributed by atoms with van der Waals surface area (Å²) in [5.41, 5.74) is 5.52. The largest absolute Gasteiger partial charge is 0.491 e. The van der Waals surface area contributed by atoms with E-state index >= 15 is 0 Å². The lowest BCUT2D eigenvalue weighted by Gasteiger charge is -2.28. The summed E-state index contributed by atoms with van der Waals surface area (Å²) in [5.74, 6) is -1.45. The molecule has 4 nitrogen and oxygen atoms in total. The van der Waals surface area contributed by atoms with E-state index in [0.717, 1.165) is 37.8 Å². The van der Waals surface area contributed by atoms with Gasteiger partial charge < -0.3 is 15.8 Å². The van der Waals surface area contributed by atoms with E-state index in [1.165, 1.54) is 6.07 Å². The predicted molar refractivity (Wildman–Crippen MR) is 86.7 cm³/mol. The van der Waals surface area contributed by atoms with Crippen LogP contribution in [0.5, 0.6) is 5.75 Å². The Morgan fingerprint density at radius 3 is 2.61 bits per heavy atom. The number of ether oxygens (including phenoxy) is 1. The number of halogens is 3. The van der Waals surface area contributed by atoms with Gasteiger partial charge in [-0.3, -0.25) is 4.79 Å². The summed E-state index contributed by atoms with van der Waals surface area (Å²) in [5, 5.41) is 3.02. The molecule has 3 N–H and O–H groups in total. The fourth-order valence-corrected chi connectivity index (χ4v) is 2.80. The molecule has 0 saturated heterocycles. The number of hydrogen-bond acceptors (Lipinski definition) is 3. The van der Waals surface area contributed by atoms with Gasteiger partial charge in [-0.15, -0.1) is 12.4 Å². The number of nitrogens with one attached hydrogen (secondary N) is 1. The lowest BCUT2D eigenvalue weighted by Crippen LogP contribution is -2.51. The molecule has 0 atom stereocenters. The predicted octanol–water partition coefficient (Wildman–Crippen LogP) is 2.93. The van der Waals surface area contributed by atoms with Crippen LogP contribution in [-0.4, -0.2) is 24.6 Å². The normalized spacial score (nSPS) is 15.8. The Morgan fingerprint density at radius 2 is 2.00 bits per heavy atom. The van der Waals surface area contributed by atoms with Crippen LogP contribution in [0.1, 0.15) is 38.5 Å². The van der Waals surface area contributed by atoms with Crippen molar-refractivity contribution in [2.45, 2.75) is 44.1 Å². The van der Waals surface area contributed by atoms with E-state index in [-0.39, 0.29) is 36.2 Å². The molecule has 0 bridgehead atoms. The Kier molecular flexibility index (Phi) is 7.72. The van der Waals surface area contributed by atoms with Gasteiger partial charge in [-0.25, -0.2) is 8.78 Å². The van der Waals surface area contributed by atoms with Gasteiger partial charge in [0.1, 0.15) is 5.82 Å². The zero-order valence-corrected chi connectivity index (χ0v) is 13.8. The highest BCUT2D eigenvalue weighted by Crippen LogP contribution is 2.28. The van der Waals surface area contributed by atoms with Crippen molar-refractivity contribution in [1.29, 1.82) is 0 Å². The Hall–Kier alpha value is -1.40. The molecule has 23 heavy (non-hydrogen) atoms. The summed E-state index contributed by atoms with van der Waals surface area (Å²) < 4.78 is 31.3. The fraction of sp³-hybridized carbons (Fsp3) is 0.562. The van der Waals surface area contributed by atoms with Crippen molar-refractivity contribution < 1.29 is 18.3 Å². The van der Waals surface area contributed by atoms with Crippen molar-refractivity contribution in [3.8, 4) is 5.75 Å². The second kappa shape index (κ2) is 9.03. The van der Waals surface area contributed by atoms with Crippen molar-refractivity contribution >= 4 is 18.3 Å². The molecule has 7 heteroatoms. The Bertz CT molecular complexity index is 523. The lowest BCUT2D eigenvalue weighted by atomic mass is 9.97. The monoisotopic (exact) mass is 348 g/mol. The summed E-state index contributed by atoms with van der Waals surface area (Å²) in [6.07, 6.45) is 4.78. The van der Waals surface area contributed by atoms with Crippen LogP contribution >= 0.6 is 12.4 Å². The minimum atomic E-state index is -0.738. The molecule has 1 aliphatic carbocycles. The molecule has 0 spiro atoms. The molecule has 1 amide bonds. The van der Waals surface area contributed by atoms with Gasteiger partial charge in [0, 0.05) is 19.0 Å². The van der Waals surface area contributed by atoms with E-state index in [1.807, 2.05) is 0 Å². The number of nitrogens with two attached hydrogens (primary N) is 1. The molecule has 130 valence electrons. The fourth-order valence-electron chi connectivity index (χ4n) is 2.80. The number of amides is 1. The van der Waals surface area contributed by atoms with E-state index in [2.05, 4.69) is 5.32 Å². The van der Waals surface area contributed by atoms with Gasteiger partial charge >= 0.3 is 0 Å². The number of rotatable bonds is 7. The highest BCUT2D eigenvalue weighted by atomic mass is 35.5. The quantitative estimate of drug-likeness (QED) is 0.745. The first-order chi connectivity index (χ1) is 10.5. The van der Waals surface area contributed by atoms with Crippen LogP contribution < -0.4 is 15.8 Å². The topological polar surface area (TPSA) is 64.3 Å². The van der Waals surface area contributed by atoms with E-state index in [9.17, 15) is 13.6 Å². The summed E-state index contributed by atoms with van der Waals surface area (Å²) in [6, 6.07) is 3.15. The highest BCUT2D eigenvalue weighted by molar-refractivity contribution is 5.85. The average molecular weight is 349 g/mol. The lowest BCUT2D eigenvalue weighted by molar-refractivity contribution is -0.123. The van der Waals surface area contributed by atoms with Crippen LogP contribution in [0.3, 0.4) is 0 Å². The molecule has 1 aromatic rings. The SMILES string of the molecule is Cl.NCC1(NC(=O)CCCOc2ccc(F)cc2F)CCCC1. The smallest absolute Gasteiger partial charge is 0.220 e. The number of carbonyl (C=O) groups is 1. The van der Waals surface area contributed by atoms with E-state index in [4.69, 9.17) is 10.5 Å². The van der Waals surface area contributed by atoms with Crippen LogP contribution in [0.2, 0.25) is 0 Å². The van der Waals surface area contributed by atoms with Crippen molar-refractivity contribution in [1.82, 2.24) is 5.32 Å². The van der Waals surface area contributed by atoms with Crippen LogP contribution in [0.4, 0.5) is 8.78 Å². The van der Waals surface area contributed by atoms with Crippen LogP contribution in [0.15, 0.2) is 18.2 Å². The number of carbonyl (C=O) groups excluding carboxylic acids is 1. The van der Waals surface area contributed by atoms with E-state index < -0.39 is 11.6 Å². The molecule has 0 radical (unpaired) electrons. The molecule has 0 heterocycles. The molecule has 1 fully saturated rings. The van der Waals surface area contributed by atoms with Gasteiger partial charge in [0.2, 0.25) is 5.91 Å². The van der Waals surface area contributed by atoms with Crippen molar-refractivity contribution in [3.05, 3.63) is 29.8 Å². The van der Waals surface area contributed by atoms with Crippen LogP contribution in [0.25, 0.3) is 0 Å². The molecule has 1 saturated carbocycles. The molecular weight excluding hydrogens is 326 g/mol. The average Bonchev–Trinajstić information content (AvgIpc) is 2.94. The van der Waals surface area contributed by atoms with Gasteiger partial charge in [0.05, 0.1) is 12.1 Å². The Labute approximate surface area is 141 Å². The Morgan fingerprint density at radius 1 is 1.30 bits per heavy atom. The van der Waals surface area contributed by atoms with E-state index in [1.54, 1.807) is 0 Å². The minimum Gasteiger partial charge on any atom is -0.491 e. The zero-order valence-electron chi connectivity index (χ0n) is 12.9. The van der Waals surface area contributed by atoms with Crippen molar-refractivity contribution in [3.63, 3.8) is 0 Å². The minimum absolute atomic E-state index is 0. The van der Waals surface area contributed by atoms with Crippen LogP contribution in [0, 0.1) is 11.6 Å².